The van der Waals surface area contributed by atoms with E-state index in [1.807, 2.05) is 0 Å². The molecule has 7 heteroatoms. The van der Waals surface area contributed by atoms with Crippen LogP contribution in [0.4, 0.5) is 26.0 Å². The molecule has 1 aromatic heterocycles. The lowest BCUT2D eigenvalue weighted by Crippen LogP contribution is -2.03. The van der Waals surface area contributed by atoms with Gasteiger partial charge in [-0.15, -0.1) is 0 Å². The number of rotatable bonds is 2. The fourth-order valence-electron chi connectivity index (χ4n) is 1.57. The van der Waals surface area contributed by atoms with E-state index in [1.165, 1.54) is 10.7 Å². The molecule has 4 nitrogen and oxygen atoms in total. The number of hydrogen-bond donors (Lipinski definition) is 2. The van der Waals surface area contributed by atoms with E-state index >= 15 is 0 Å². The van der Waals surface area contributed by atoms with E-state index in [4.69, 9.17) is 5.73 Å². The molecule has 0 aliphatic carbocycles. The van der Waals surface area contributed by atoms with Gasteiger partial charge < -0.3 is 11.1 Å². The molecule has 0 unspecified atom stereocenters. The van der Waals surface area contributed by atoms with Crippen LogP contribution in [0.5, 0.6) is 0 Å². The third-order valence-electron chi connectivity index (χ3n) is 2.53. The van der Waals surface area contributed by atoms with Crippen molar-refractivity contribution in [2.45, 2.75) is 6.92 Å². The number of halogens is 3. The maximum Gasteiger partial charge on any atom is 0.152 e. The number of aromatic nitrogens is 2. The lowest BCUT2D eigenvalue weighted by molar-refractivity contribution is 0.581. The minimum absolute atomic E-state index is 0.123. The SMILES string of the molecule is Cc1nn(C)c(Nc2cc(Br)c(F)cc2F)c1N. The van der Waals surface area contributed by atoms with Gasteiger partial charge in [-0.2, -0.15) is 5.10 Å². The first-order valence-corrected chi connectivity index (χ1v) is 5.90. The first-order chi connectivity index (χ1) is 8.40. The first-order valence-electron chi connectivity index (χ1n) is 5.10. The summed E-state index contributed by atoms with van der Waals surface area (Å²) >= 11 is 3.00. The van der Waals surface area contributed by atoms with Crippen LogP contribution in [-0.4, -0.2) is 9.78 Å². The standard InChI is InChI=1S/C11H11BrF2N4/c1-5-10(15)11(18(2)17-5)16-9-3-6(12)7(13)4-8(9)14/h3-4,16H,15H2,1-2H3. The molecule has 3 N–H and O–H groups in total. The number of nitrogens with two attached hydrogens (primary N) is 1. The summed E-state index contributed by atoms with van der Waals surface area (Å²) in [5.74, 6) is -0.897. The molecule has 0 bridgehead atoms. The van der Waals surface area contributed by atoms with Gasteiger partial charge >= 0.3 is 0 Å². The number of hydrogen-bond acceptors (Lipinski definition) is 3. The zero-order valence-corrected chi connectivity index (χ0v) is 11.3. The summed E-state index contributed by atoms with van der Waals surface area (Å²) < 4.78 is 28.4. The average molecular weight is 317 g/mol. The summed E-state index contributed by atoms with van der Waals surface area (Å²) in [6, 6.07) is 2.11. The number of nitrogens with one attached hydrogen (secondary N) is 1. The number of nitrogens with zero attached hydrogens (tertiary/aromatic N) is 2. The lowest BCUT2D eigenvalue weighted by atomic mass is 10.3. The number of nitrogen functional groups attached to an aromatic ring is 1. The Morgan fingerprint density at radius 2 is 2.00 bits per heavy atom. The second kappa shape index (κ2) is 4.56. The van der Waals surface area contributed by atoms with E-state index in [-0.39, 0.29) is 10.2 Å². The minimum atomic E-state index is -0.700. The van der Waals surface area contributed by atoms with Crippen molar-refractivity contribution in [3.8, 4) is 0 Å². The van der Waals surface area contributed by atoms with Gasteiger partial charge in [-0.3, -0.25) is 4.68 Å². The molecule has 0 aliphatic rings. The number of anilines is 3. The molecule has 96 valence electrons. The molecule has 2 rings (SSSR count). The zero-order valence-electron chi connectivity index (χ0n) is 9.76. The largest absolute Gasteiger partial charge is 0.394 e. The molecule has 1 heterocycles. The van der Waals surface area contributed by atoms with Crippen molar-refractivity contribution >= 4 is 33.1 Å². The number of aryl methyl sites for hydroxylation is 2. The van der Waals surface area contributed by atoms with Crippen molar-refractivity contribution in [2.24, 2.45) is 7.05 Å². The van der Waals surface area contributed by atoms with Crippen molar-refractivity contribution in [1.82, 2.24) is 9.78 Å². The van der Waals surface area contributed by atoms with Crippen LogP contribution in [0, 0.1) is 18.6 Å². The highest BCUT2D eigenvalue weighted by atomic mass is 79.9. The Balaban J connectivity index is 2.43. The van der Waals surface area contributed by atoms with Crippen LogP contribution < -0.4 is 11.1 Å². The van der Waals surface area contributed by atoms with E-state index < -0.39 is 11.6 Å². The normalized spacial score (nSPS) is 10.7. The van der Waals surface area contributed by atoms with Crippen molar-refractivity contribution in [3.63, 3.8) is 0 Å². The molecule has 0 fully saturated rings. The van der Waals surface area contributed by atoms with Crippen molar-refractivity contribution in [1.29, 1.82) is 0 Å². The zero-order chi connectivity index (χ0) is 13.4. The maximum absolute atomic E-state index is 13.6. The maximum atomic E-state index is 13.6. The lowest BCUT2D eigenvalue weighted by Gasteiger charge is -2.09. The highest BCUT2D eigenvalue weighted by molar-refractivity contribution is 9.10. The molecule has 18 heavy (non-hydrogen) atoms. The molecule has 0 atom stereocenters. The van der Waals surface area contributed by atoms with Gasteiger partial charge in [-0.1, -0.05) is 0 Å². The topological polar surface area (TPSA) is 55.9 Å². The predicted octanol–water partition coefficient (Wildman–Crippen LogP) is 3.10. The van der Waals surface area contributed by atoms with Crippen LogP contribution >= 0.6 is 15.9 Å². The van der Waals surface area contributed by atoms with Gasteiger partial charge in [0.05, 0.1) is 21.5 Å². The predicted molar refractivity (Wildman–Crippen MR) is 69.7 cm³/mol. The van der Waals surface area contributed by atoms with Crippen LogP contribution in [0.3, 0.4) is 0 Å². The molecule has 0 radical (unpaired) electrons. The Kier molecular flexibility index (Phi) is 3.25. The second-order valence-corrected chi connectivity index (χ2v) is 4.70. The fourth-order valence-corrected chi connectivity index (χ4v) is 1.91. The van der Waals surface area contributed by atoms with Gasteiger partial charge in [-0.25, -0.2) is 8.78 Å². The minimum Gasteiger partial charge on any atom is -0.394 e. The highest BCUT2D eigenvalue weighted by Crippen LogP contribution is 2.29. The summed E-state index contributed by atoms with van der Waals surface area (Å²) in [6.07, 6.45) is 0. The van der Waals surface area contributed by atoms with Crippen molar-refractivity contribution < 1.29 is 8.78 Å². The first kappa shape index (κ1) is 12.8. The summed E-state index contributed by atoms with van der Waals surface area (Å²) in [6.45, 7) is 1.75. The third kappa shape index (κ3) is 2.17. The quantitative estimate of drug-likeness (QED) is 0.837. The molecule has 0 aliphatic heterocycles. The number of benzene rings is 1. The molecular formula is C11H11BrF2N4. The fraction of sp³-hybridized carbons (Fsp3) is 0.182. The van der Waals surface area contributed by atoms with Gasteiger partial charge in [0, 0.05) is 13.1 Å². The summed E-state index contributed by atoms with van der Waals surface area (Å²) in [5, 5.41) is 6.90. The van der Waals surface area contributed by atoms with Gasteiger partial charge in [0.25, 0.3) is 0 Å². The van der Waals surface area contributed by atoms with E-state index in [9.17, 15) is 8.78 Å². The van der Waals surface area contributed by atoms with Crippen molar-refractivity contribution in [3.05, 3.63) is 33.9 Å². The molecule has 0 spiro atoms. The molecule has 1 aromatic carbocycles. The molecule has 2 aromatic rings. The Labute approximate surface area is 111 Å². The monoisotopic (exact) mass is 316 g/mol. The average Bonchev–Trinajstić information content (AvgIpc) is 2.52. The van der Waals surface area contributed by atoms with Gasteiger partial charge in [0.15, 0.2) is 5.82 Å². The van der Waals surface area contributed by atoms with Crippen LogP contribution in [0.25, 0.3) is 0 Å². The smallest absolute Gasteiger partial charge is 0.152 e. The van der Waals surface area contributed by atoms with Crippen LogP contribution in [0.2, 0.25) is 0 Å². The van der Waals surface area contributed by atoms with Gasteiger partial charge in [-0.05, 0) is 28.9 Å². The molecule has 0 saturated heterocycles. The van der Waals surface area contributed by atoms with Crippen molar-refractivity contribution in [2.75, 3.05) is 11.1 Å². The van der Waals surface area contributed by atoms with E-state index in [0.717, 1.165) is 6.07 Å². The van der Waals surface area contributed by atoms with Crippen LogP contribution in [-0.2, 0) is 7.05 Å². The third-order valence-corrected chi connectivity index (χ3v) is 3.14. The molecule has 0 saturated carbocycles. The molecule has 0 amide bonds. The van der Waals surface area contributed by atoms with Crippen LogP contribution in [0.1, 0.15) is 5.69 Å². The Hall–Kier alpha value is -1.63. The van der Waals surface area contributed by atoms with E-state index in [1.54, 1.807) is 14.0 Å². The van der Waals surface area contributed by atoms with E-state index in [0.29, 0.717) is 17.2 Å². The van der Waals surface area contributed by atoms with Gasteiger partial charge in [0.1, 0.15) is 11.6 Å². The molecular weight excluding hydrogens is 306 g/mol. The highest BCUT2D eigenvalue weighted by Gasteiger charge is 2.14. The Morgan fingerprint density at radius 3 is 2.56 bits per heavy atom. The Morgan fingerprint density at radius 1 is 1.33 bits per heavy atom. The van der Waals surface area contributed by atoms with Crippen LogP contribution in [0.15, 0.2) is 16.6 Å². The Bertz CT molecular complexity index is 610. The second-order valence-electron chi connectivity index (χ2n) is 3.84. The summed E-state index contributed by atoms with van der Waals surface area (Å²) in [7, 11) is 1.68. The van der Waals surface area contributed by atoms with Gasteiger partial charge in [0.2, 0.25) is 0 Å². The van der Waals surface area contributed by atoms with E-state index in [2.05, 4.69) is 26.3 Å². The summed E-state index contributed by atoms with van der Waals surface area (Å²) in [4.78, 5) is 0. The summed E-state index contributed by atoms with van der Waals surface area (Å²) in [5.41, 5.74) is 7.01.